The lowest BCUT2D eigenvalue weighted by molar-refractivity contribution is -0.148. The number of hydrogen-bond donors (Lipinski definition) is 0. The summed E-state index contributed by atoms with van der Waals surface area (Å²) < 4.78 is 26.2. The molecule has 1 atom stereocenters. The molecule has 0 aliphatic carbocycles. The van der Waals surface area contributed by atoms with E-state index in [1.807, 2.05) is 54.6 Å². The van der Waals surface area contributed by atoms with E-state index in [1.165, 1.54) is 12.1 Å². The van der Waals surface area contributed by atoms with Crippen LogP contribution in [0, 0.1) is 5.82 Å². The highest BCUT2D eigenvalue weighted by atomic mass is 19.1. The summed E-state index contributed by atoms with van der Waals surface area (Å²) in [5, 5.41) is 0.759. The molecule has 4 rings (SSSR count). The Morgan fingerprint density at radius 2 is 1.58 bits per heavy atom. The lowest BCUT2D eigenvalue weighted by Gasteiger charge is -2.18. The van der Waals surface area contributed by atoms with Crippen molar-refractivity contribution in [1.82, 2.24) is 4.57 Å². The summed E-state index contributed by atoms with van der Waals surface area (Å²) in [5.74, 6) is -1.41. The van der Waals surface area contributed by atoms with Gasteiger partial charge >= 0.3 is 11.9 Å². The van der Waals surface area contributed by atoms with E-state index in [0.29, 0.717) is 16.6 Å². The van der Waals surface area contributed by atoms with Gasteiger partial charge in [0.1, 0.15) is 24.2 Å². The molecule has 0 saturated heterocycles. The molecule has 0 spiro atoms. The lowest BCUT2D eigenvalue weighted by Crippen LogP contribution is -2.23. The van der Waals surface area contributed by atoms with Crippen molar-refractivity contribution in [2.24, 2.45) is 0 Å². The number of rotatable bonds is 7. The molecule has 0 radical (unpaired) electrons. The number of esters is 2. The molecule has 1 aromatic heterocycles. The summed E-state index contributed by atoms with van der Waals surface area (Å²) in [6.07, 6.45) is 0. The number of halogens is 1. The smallest absolute Gasteiger partial charge is 0.355 e. The van der Waals surface area contributed by atoms with Gasteiger partial charge in [-0.15, -0.1) is 0 Å². The first-order valence-electron chi connectivity index (χ1n) is 10.8. The predicted molar refractivity (Wildman–Crippen MR) is 124 cm³/mol. The number of hydrogen-bond acceptors (Lipinski definition) is 4. The van der Waals surface area contributed by atoms with E-state index >= 15 is 0 Å². The maximum Gasteiger partial charge on any atom is 0.355 e. The van der Waals surface area contributed by atoms with Crippen LogP contribution >= 0.6 is 0 Å². The molecule has 1 heterocycles. The van der Waals surface area contributed by atoms with Crippen LogP contribution in [0.4, 0.5) is 4.39 Å². The van der Waals surface area contributed by atoms with Gasteiger partial charge < -0.3 is 14.0 Å². The number of carbonyl (C=O) groups is 2. The van der Waals surface area contributed by atoms with Crippen molar-refractivity contribution in [3.8, 4) is 11.1 Å². The van der Waals surface area contributed by atoms with Crippen LogP contribution in [0.3, 0.4) is 0 Å². The monoisotopic (exact) mass is 445 g/mol. The summed E-state index contributed by atoms with van der Waals surface area (Å²) in [6, 6.07) is 21.9. The Kier molecular flexibility index (Phi) is 6.54. The van der Waals surface area contributed by atoms with Crippen molar-refractivity contribution in [2.75, 3.05) is 6.61 Å². The minimum absolute atomic E-state index is 0.128. The van der Waals surface area contributed by atoms with Gasteiger partial charge in [0.2, 0.25) is 0 Å². The summed E-state index contributed by atoms with van der Waals surface area (Å²) in [7, 11) is 0. The largest absolute Gasteiger partial charge is 0.461 e. The quantitative estimate of drug-likeness (QED) is 0.331. The number of aromatic nitrogens is 1. The molecular weight excluding hydrogens is 421 g/mol. The number of carbonyl (C=O) groups excluding carboxylic acids is 2. The summed E-state index contributed by atoms with van der Waals surface area (Å²) in [4.78, 5) is 26.2. The second-order valence-electron chi connectivity index (χ2n) is 7.61. The lowest BCUT2D eigenvalue weighted by atomic mass is 10.0. The van der Waals surface area contributed by atoms with E-state index in [4.69, 9.17) is 9.47 Å². The van der Waals surface area contributed by atoms with Crippen molar-refractivity contribution >= 4 is 22.8 Å². The van der Waals surface area contributed by atoms with Gasteiger partial charge in [0.25, 0.3) is 0 Å². The molecule has 168 valence electrons. The molecular formula is C27H24FNO4. The molecule has 3 aromatic carbocycles. The summed E-state index contributed by atoms with van der Waals surface area (Å²) >= 11 is 0. The van der Waals surface area contributed by atoms with Crippen molar-refractivity contribution in [3.63, 3.8) is 0 Å². The molecule has 0 bridgehead atoms. The zero-order valence-electron chi connectivity index (χ0n) is 18.5. The third-order valence-corrected chi connectivity index (χ3v) is 5.46. The molecule has 33 heavy (non-hydrogen) atoms. The molecule has 5 nitrogen and oxygen atoms in total. The van der Waals surface area contributed by atoms with Crippen LogP contribution in [0.5, 0.6) is 0 Å². The van der Waals surface area contributed by atoms with Crippen molar-refractivity contribution in [1.29, 1.82) is 0 Å². The minimum Gasteiger partial charge on any atom is -0.461 e. The molecule has 0 fully saturated rings. The van der Waals surface area contributed by atoms with E-state index < -0.39 is 18.0 Å². The van der Waals surface area contributed by atoms with Gasteiger partial charge in [0.05, 0.1) is 12.1 Å². The van der Waals surface area contributed by atoms with Crippen molar-refractivity contribution < 1.29 is 23.5 Å². The number of benzene rings is 3. The summed E-state index contributed by atoms with van der Waals surface area (Å²) in [5.41, 5.74) is 3.02. The Bertz CT molecular complexity index is 1280. The zero-order valence-corrected chi connectivity index (χ0v) is 18.5. The van der Waals surface area contributed by atoms with E-state index in [1.54, 1.807) is 30.5 Å². The van der Waals surface area contributed by atoms with Crippen LogP contribution in [0.25, 0.3) is 22.0 Å². The fourth-order valence-electron chi connectivity index (χ4n) is 3.93. The predicted octanol–water partition coefficient (Wildman–Crippen LogP) is 5.93. The SMILES string of the molecule is CCOC(=O)c1c(-c2ccc(F)cc2)c2ccccc2n1C(C)C(=O)OCc1ccccc1. The average molecular weight is 445 g/mol. The summed E-state index contributed by atoms with van der Waals surface area (Å²) in [6.45, 7) is 3.72. The highest BCUT2D eigenvalue weighted by Crippen LogP contribution is 2.38. The van der Waals surface area contributed by atoms with Crippen LogP contribution < -0.4 is 0 Å². The van der Waals surface area contributed by atoms with Crippen LogP contribution in [-0.2, 0) is 20.9 Å². The number of nitrogens with zero attached hydrogens (tertiary/aromatic N) is 1. The van der Waals surface area contributed by atoms with Gasteiger partial charge in [-0.2, -0.15) is 0 Å². The highest BCUT2D eigenvalue weighted by Gasteiger charge is 2.30. The van der Waals surface area contributed by atoms with Gasteiger partial charge in [0.15, 0.2) is 0 Å². The van der Waals surface area contributed by atoms with Crippen LogP contribution in [0.2, 0.25) is 0 Å². The van der Waals surface area contributed by atoms with Gasteiger partial charge in [0, 0.05) is 10.9 Å². The van der Waals surface area contributed by atoms with Gasteiger partial charge in [-0.3, -0.25) is 0 Å². The fourth-order valence-corrected chi connectivity index (χ4v) is 3.93. The van der Waals surface area contributed by atoms with Gasteiger partial charge in [-0.25, -0.2) is 14.0 Å². The molecule has 1 unspecified atom stereocenters. The fraction of sp³-hybridized carbons (Fsp3) is 0.185. The number of para-hydroxylation sites is 1. The van der Waals surface area contributed by atoms with E-state index in [9.17, 15) is 14.0 Å². The maximum absolute atomic E-state index is 13.6. The Hall–Kier alpha value is -3.93. The van der Waals surface area contributed by atoms with Crippen LogP contribution in [0.15, 0.2) is 78.9 Å². The molecule has 0 saturated carbocycles. The third kappa shape index (κ3) is 4.51. The molecule has 0 N–H and O–H groups in total. The van der Waals surface area contributed by atoms with E-state index in [2.05, 4.69) is 0 Å². The molecule has 6 heteroatoms. The third-order valence-electron chi connectivity index (χ3n) is 5.46. The minimum atomic E-state index is -0.799. The van der Waals surface area contributed by atoms with Crippen LogP contribution in [0.1, 0.15) is 35.9 Å². The Labute approximate surface area is 191 Å². The van der Waals surface area contributed by atoms with E-state index in [0.717, 1.165) is 10.9 Å². The second kappa shape index (κ2) is 9.69. The number of ether oxygens (including phenoxy) is 2. The van der Waals surface area contributed by atoms with Gasteiger partial charge in [-0.05, 0) is 43.2 Å². The molecule has 4 aromatic rings. The second-order valence-corrected chi connectivity index (χ2v) is 7.61. The number of fused-ring (bicyclic) bond motifs is 1. The van der Waals surface area contributed by atoms with Gasteiger partial charge in [-0.1, -0.05) is 60.7 Å². The maximum atomic E-state index is 13.6. The molecule has 0 aliphatic rings. The van der Waals surface area contributed by atoms with Crippen LogP contribution in [-0.4, -0.2) is 23.1 Å². The van der Waals surface area contributed by atoms with Crippen molar-refractivity contribution in [2.45, 2.75) is 26.5 Å². The molecule has 0 amide bonds. The average Bonchev–Trinajstić information content (AvgIpc) is 3.18. The van der Waals surface area contributed by atoms with E-state index in [-0.39, 0.29) is 24.7 Å². The Morgan fingerprint density at radius 1 is 0.909 bits per heavy atom. The normalized spacial score (nSPS) is 11.8. The molecule has 0 aliphatic heterocycles. The standard InChI is InChI=1S/C27H24FNO4/c1-3-32-27(31)25-24(20-13-15-21(28)16-14-20)22-11-7-8-12-23(22)29(25)18(2)26(30)33-17-19-9-5-4-6-10-19/h4-16,18H,3,17H2,1-2H3. The first kappa shape index (κ1) is 22.3. The first-order valence-corrected chi connectivity index (χ1v) is 10.8. The zero-order chi connectivity index (χ0) is 23.4. The first-order chi connectivity index (χ1) is 16.0. The Balaban J connectivity index is 1.82. The topological polar surface area (TPSA) is 57.5 Å². The van der Waals surface area contributed by atoms with Crippen molar-refractivity contribution in [3.05, 3.63) is 95.9 Å². The Morgan fingerprint density at radius 3 is 2.27 bits per heavy atom. The highest BCUT2D eigenvalue weighted by molar-refractivity contribution is 6.09.